The monoisotopic (exact) mass is 257 g/mol. The van der Waals surface area contributed by atoms with Gasteiger partial charge in [-0.05, 0) is 36.7 Å². The molecule has 1 heterocycles. The molecule has 4 heteroatoms. The van der Waals surface area contributed by atoms with Crippen molar-refractivity contribution in [2.45, 2.75) is 6.42 Å². The summed E-state index contributed by atoms with van der Waals surface area (Å²) in [7, 11) is 3.65. The summed E-state index contributed by atoms with van der Waals surface area (Å²) in [4.78, 5) is 6.47. The maximum Gasteiger partial charge on any atom is 0.142 e. The molecular formula is C15H19N3O. The molecule has 0 spiro atoms. The third kappa shape index (κ3) is 3.03. The molecule has 2 N–H and O–H groups in total. The lowest BCUT2D eigenvalue weighted by Crippen LogP contribution is -2.12. The van der Waals surface area contributed by atoms with E-state index >= 15 is 0 Å². The van der Waals surface area contributed by atoms with Crippen molar-refractivity contribution in [1.82, 2.24) is 4.98 Å². The Kier molecular flexibility index (Phi) is 4.36. The summed E-state index contributed by atoms with van der Waals surface area (Å²) in [5, 5.41) is 0. The molecule has 0 bridgehead atoms. The van der Waals surface area contributed by atoms with E-state index in [0.29, 0.717) is 6.54 Å². The molecular weight excluding hydrogens is 238 g/mol. The van der Waals surface area contributed by atoms with Gasteiger partial charge in [-0.25, -0.2) is 4.98 Å². The Hall–Kier alpha value is -2.07. The van der Waals surface area contributed by atoms with Crippen molar-refractivity contribution in [3.8, 4) is 5.75 Å². The molecule has 1 aromatic heterocycles. The highest BCUT2D eigenvalue weighted by Crippen LogP contribution is 2.30. The molecule has 2 aromatic rings. The Morgan fingerprint density at radius 3 is 2.63 bits per heavy atom. The highest BCUT2D eigenvalue weighted by atomic mass is 16.5. The highest BCUT2D eigenvalue weighted by molar-refractivity contribution is 5.66. The summed E-state index contributed by atoms with van der Waals surface area (Å²) in [6.45, 7) is 0.642. The quantitative estimate of drug-likeness (QED) is 0.893. The molecule has 19 heavy (non-hydrogen) atoms. The van der Waals surface area contributed by atoms with Crippen molar-refractivity contribution >= 4 is 11.5 Å². The Morgan fingerprint density at radius 1 is 1.21 bits per heavy atom. The van der Waals surface area contributed by atoms with E-state index in [-0.39, 0.29) is 0 Å². The summed E-state index contributed by atoms with van der Waals surface area (Å²) in [6.07, 6.45) is 2.72. The fourth-order valence-corrected chi connectivity index (χ4v) is 1.96. The van der Waals surface area contributed by atoms with Crippen LogP contribution in [0.4, 0.5) is 11.5 Å². The normalized spacial score (nSPS) is 10.3. The first-order chi connectivity index (χ1) is 9.26. The topological polar surface area (TPSA) is 51.4 Å². The minimum atomic E-state index is 0.642. The molecule has 0 fully saturated rings. The van der Waals surface area contributed by atoms with Crippen LogP contribution in [0.25, 0.3) is 0 Å². The van der Waals surface area contributed by atoms with E-state index in [2.05, 4.69) is 11.1 Å². The maximum absolute atomic E-state index is 5.53. The van der Waals surface area contributed by atoms with Crippen molar-refractivity contribution in [3.05, 3.63) is 48.2 Å². The molecule has 100 valence electrons. The second kappa shape index (κ2) is 6.20. The number of ether oxygens (including phenoxy) is 1. The lowest BCUT2D eigenvalue weighted by Gasteiger charge is -2.20. The fourth-order valence-electron chi connectivity index (χ4n) is 1.96. The van der Waals surface area contributed by atoms with E-state index in [0.717, 1.165) is 29.2 Å². The zero-order valence-electron chi connectivity index (χ0n) is 11.3. The molecule has 0 aliphatic carbocycles. The number of hydrogen-bond acceptors (Lipinski definition) is 4. The van der Waals surface area contributed by atoms with E-state index in [1.165, 1.54) is 0 Å². The zero-order valence-corrected chi connectivity index (χ0v) is 11.3. The molecule has 0 atom stereocenters. The molecule has 0 radical (unpaired) electrons. The van der Waals surface area contributed by atoms with Gasteiger partial charge in [0.05, 0.1) is 12.8 Å². The molecule has 4 nitrogen and oxygen atoms in total. The van der Waals surface area contributed by atoms with Crippen molar-refractivity contribution in [1.29, 1.82) is 0 Å². The largest absolute Gasteiger partial charge is 0.495 e. The van der Waals surface area contributed by atoms with Gasteiger partial charge >= 0.3 is 0 Å². The van der Waals surface area contributed by atoms with Crippen LogP contribution in [0.5, 0.6) is 5.75 Å². The second-order valence-electron chi connectivity index (χ2n) is 4.29. The van der Waals surface area contributed by atoms with Crippen LogP contribution in [-0.2, 0) is 6.42 Å². The number of hydrogen-bond donors (Lipinski definition) is 1. The molecule has 0 saturated carbocycles. The lowest BCUT2D eigenvalue weighted by atomic mass is 10.2. The van der Waals surface area contributed by atoms with Crippen LogP contribution in [0.2, 0.25) is 0 Å². The average molecular weight is 257 g/mol. The number of nitrogens with two attached hydrogens (primary N) is 1. The first-order valence-electron chi connectivity index (χ1n) is 6.28. The van der Waals surface area contributed by atoms with Crippen LogP contribution >= 0.6 is 0 Å². The van der Waals surface area contributed by atoms with E-state index in [1.54, 1.807) is 7.11 Å². The second-order valence-corrected chi connectivity index (χ2v) is 4.29. The van der Waals surface area contributed by atoms with Gasteiger partial charge < -0.3 is 15.4 Å². The number of rotatable bonds is 5. The fraction of sp³-hybridized carbons (Fsp3) is 0.267. The lowest BCUT2D eigenvalue weighted by molar-refractivity contribution is 0.415. The summed E-state index contributed by atoms with van der Waals surface area (Å²) < 4.78 is 5.36. The van der Waals surface area contributed by atoms with Gasteiger partial charge in [-0.3, -0.25) is 0 Å². The summed E-state index contributed by atoms with van der Waals surface area (Å²) in [6, 6.07) is 11.9. The Labute approximate surface area is 113 Å². The van der Waals surface area contributed by atoms with E-state index < -0.39 is 0 Å². The smallest absolute Gasteiger partial charge is 0.142 e. The van der Waals surface area contributed by atoms with Gasteiger partial charge in [0.2, 0.25) is 0 Å². The first-order valence-corrected chi connectivity index (χ1v) is 6.28. The van der Waals surface area contributed by atoms with Crippen LogP contribution < -0.4 is 15.4 Å². The van der Waals surface area contributed by atoms with E-state index in [1.807, 2.05) is 48.5 Å². The third-order valence-corrected chi connectivity index (χ3v) is 3.03. The van der Waals surface area contributed by atoms with Gasteiger partial charge in [0.25, 0.3) is 0 Å². The number of pyridine rings is 1. The molecule has 0 aliphatic rings. The van der Waals surface area contributed by atoms with Crippen molar-refractivity contribution in [2.24, 2.45) is 5.73 Å². The van der Waals surface area contributed by atoms with Crippen LogP contribution in [0, 0.1) is 0 Å². The molecule has 0 aliphatic heterocycles. The number of benzene rings is 1. The number of anilines is 2. The summed E-state index contributed by atoms with van der Waals surface area (Å²) in [5.41, 5.74) is 7.67. The first kappa shape index (κ1) is 13.4. The van der Waals surface area contributed by atoms with Gasteiger partial charge in [-0.15, -0.1) is 0 Å². The summed E-state index contributed by atoms with van der Waals surface area (Å²) >= 11 is 0. The van der Waals surface area contributed by atoms with Crippen LogP contribution in [0.3, 0.4) is 0 Å². The highest BCUT2D eigenvalue weighted by Gasteiger charge is 2.10. The standard InChI is InChI=1S/C15H19N3O/c1-18(13-5-3-4-6-14(13)19-2)15-8-7-12(9-10-16)11-17-15/h3-8,11H,9-10,16H2,1-2H3. The Morgan fingerprint density at radius 2 is 2.00 bits per heavy atom. The average Bonchev–Trinajstić information content (AvgIpc) is 2.47. The van der Waals surface area contributed by atoms with Crippen molar-refractivity contribution in [2.75, 3.05) is 25.6 Å². The number of para-hydroxylation sites is 2. The molecule has 0 amide bonds. The van der Waals surface area contributed by atoms with E-state index in [9.17, 15) is 0 Å². The minimum absolute atomic E-state index is 0.642. The van der Waals surface area contributed by atoms with Crippen LogP contribution in [0.1, 0.15) is 5.56 Å². The van der Waals surface area contributed by atoms with Crippen molar-refractivity contribution in [3.63, 3.8) is 0 Å². The molecule has 2 rings (SSSR count). The van der Waals surface area contributed by atoms with Gasteiger partial charge in [0.15, 0.2) is 0 Å². The van der Waals surface area contributed by atoms with Gasteiger partial charge in [0, 0.05) is 13.2 Å². The number of methoxy groups -OCH3 is 1. The predicted octanol–water partition coefficient (Wildman–Crippen LogP) is 2.36. The molecule has 1 aromatic carbocycles. The van der Waals surface area contributed by atoms with Gasteiger partial charge in [-0.1, -0.05) is 18.2 Å². The SMILES string of the molecule is COc1ccccc1N(C)c1ccc(CCN)cn1. The molecule has 0 unspecified atom stereocenters. The zero-order chi connectivity index (χ0) is 13.7. The van der Waals surface area contributed by atoms with Gasteiger partial charge in [0.1, 0.15) is 11.6 Å². The predicted molar refractivity (Wildman–Crippen MR) is 78.1 cm³/mol. The third-order valence-electron chi connectivity index (χ3n) is 3.03. The maximum atomic E-state index is 5.53. The van der Waals surface area contributed by atoms with Crippen LogP contribution in [0.15, 0.2) is 42.6 Å². The summed E-state index contributed by atoms with van der Waals surface area (Å²) in [5.74, 6) is 1.71. The van der Waals surface area contributed by atoms with Crippen molar-refractivity contribution < 1.29 is 4.74 Å². The molecule has 0 saturated heterocycles. The van der Waals surface area contributed by atoms with E-state index in [4.69, 9.17) is 10.5 Å². The number of aromatic nitrogens is 1. The Bertz CT molecular complexity index is 525. The number of nitrogens with zero attached hydrogens (tertiary/aromatic N) is 2. The minimum Gasteiger partial charge on any atom is -0.495 e. The Balaban J connectivity index is 2.25. The van der Waals surface area contributed by atoms with Crippen LogP contribution in [-0.4, -0.2) is 25.7 Å². The van der Waals surface area contributed by atoms with Gasteiger partial charge in [-0.2, -0.15) is 0 Å².